The zero-order valence-electron chi connectivity index (χ0n) is 13.0. The number of hydrogen-bond donors (Lipinski definition) is 0. The molecule has 2 rings (SSSR count). The fourth-order valence-electron chi connectivity index (χ4n) is 2.49. The van der Waals surface area contributed by atoms with Gasteiger partial charge in [-0.05, 0) is 33.3 Å². The van der Waals surface area contributed by atoms with Crippen LogP contribution in [0.1, 0.15) is 39.2 Å². The Kier molecular flexibility index (Phi) is 4.96. The first-order valence-corrected chi connectivity index (χ1v) is 8.37. The van der Waals surface area contributed by atoms with E-state index in [1.165, 1.54) is 0 Å². The quantitative estimate of drug-likeness (QED) is 0.633. The smallest absolute Gasteiger partial charge is 0.328 e. The molecule has 3 atom stereocenters. The summed E-state index contributed by atoms with van der Waals surface area (Å²) in [7, 11) is 0. The first kappa shape index (κ1) is 16.3. The van der Waals surface area contributed by atoms with Crippen molar-refractivity contribution in [1.82, 2.24) is 4.31 Å². The molecule has 21 heavy (non-hydrogen) atoms. The fourth-order valence-corrected chi connectivity index (χ4v) is 3.93. The third-order valence-corrected chi connectivity index (χ3v) is 5.41. The average molecular weight is 309 g/mol. The third-order valence-electron chi connectivity index (χ3n) is 3.56. The second kappa shape index (κ2) is 6.38. The van der Waals surface area contributed by atoms with Crippen molar-refractivity contribution in [2.45, 2.75) is 44.4 Å². The van der Waals surface area contributed by atoms with Crippen LogP contribution in [0.2, 0.25) is 0 Å². The number of carbonyl (C=O) groups excluding carboxylic acids is 1. The molecule has 0 unspecified atom stereocenters. The first-order chi connectivity index (χ1) is 9.86. The second-order valence-corrected chi connectivity index (χ2v) is 8.37. The van der Waals surface area contributed by atoms with Gasteiger partial charge in [-0.1, -0.05) is 30.3 Å². The Bertz CT molecular complexity index is 486. The number of ether oxygens (including phenoxy) is 1. The van der Waals surface area contributed by atoms with E-state index in [-0.39, 0.29) is 16.6 Å². The lowest BCUT2D eigenvalue weighted by atomic mass is 9.85. The van der Waals surface area contributed by atoms with E-state index < -0.39 is 17.4 Å². The molecule has 5 heteroatoms. The highest BCUT2D eigenvalue weighted by atomic mass is 32.2. The highest BCUT2D eigenvalue weighted by Crippen LogP contribution is 2.40. The molecule has 1 aromatic carbocycles. The number of esters is 1. The molecule has 1 aliphatic heterocycles. The van der Waals surface area contributed by atoms with Crippen molar-refractivity contribution >= 4 is 17.3 Å². The van der Waals surface area contributed by atoms with Crippen LogP contribution in [-0.2, 0) is 20.9 Å². The van der Waals surface area contributed by atoms with Gasteiger partial charge in [-0.2, -0.15) is 0 Å². The van der Waals surface area contributed by atoms with Gasteiger partial charge in [0.2, 0.25) is 0 Å². The highest BCUT2D eigenvalue weighted by molar-refractivity contribution is 7.90. The molecule has 0 bridgehead atoms. The Morgan fingerprint density at radius 1 is 1.38 bits per heavy atom. The van der Waals surface area contributed by atoms with E-state index in [9.17, 15) is 9.35 Å². The van der Waals surface area contributed by atoms with Crippen LogP contribution in [-0.4, -0.2) is 38.8 Å². The van der Waals surface area contributed by atoms with E-state index in [4.69, 9.17) is 4.74 Å². The molecule has 4 nitrogen and oxygen atoms in total. The Balaban J connectivity index is 2.20. The molecule has 0 saturated carbocycles. The molecule has 116 valence electrons. The molecule has 0 radical (unpaired) electrons. The Morgan fingerprint density at radius 3 is 2.52 bits per heavy atom. The molecule has 0 amide bonds. The molecule has 0 aliphatic carbocycles. The van der Waals surface area contributed by atoms with Crippen molar-refractivity contribution in [3.8, 4) is 0 Å². The monoisotopic (exact) mass is 309 g/mol. The van der Waals surface area contributed by atoms with Crippen LogP contribution in [0.3, 0.4) is 0 Å². The molecule has 0 N–H and O–H groups in total. The lowest BCUT2D eigenvalue weighted by Crippen LogP contribution is -2.63. The number of hydrogen-bond acceptors (Lipinski definition) is 4. The lowest BCUT2D eigenvalue weighted by molar-refractivity contribution is -0.152. The van der Waals surface area contributed by atoms with Gasteiger partial charge in [0.25, 0.3) is 0 Å². The standard InChI is InChI=1S/C16H23NO3S/c1-5-20-15(18)14-13(12-9-7-6-8-10-12)11-17(14)21(19)16(2,3)4/h6-10,13-14H,5,11H2,1-4H3/t13-,14+,21+/m0/s1. The average Bonchev–Trinajstić information content (AvgIpc) is 2.38. The zero-order valence-corrected chi connectivity index (χ0v) is 13.9. The van der Waals surface area contributed by atoms with Gasteiger partial charge in [0.1, 0.15) is 4.75 Å². The van der Waals surface area contributed by atoms with Crippen LogP contribution < -0.4 is 0 Å². The van der Waals surface area contributed by atoms with Crippen LogP contribution in [0.5, 0.6) is 0 Å². The van der Waals surface area contributed by atoms with E-state index in [1.54, 1.807) is 11.2 Å². The summed E-state index contributed by atoms with van der Waals surface area (Å²) in [5.74, 6) is -0.230. The number of rotatable bonds is 4. The van der Waals surface area contributed by atoms with Gasteiger partial charge < -0.3 is 9.29 Å². The topological polar surface area (TPSA) is 52.6 Å². The van der Waals surface area contributed by atoms with Crippen molar-refractivity contribution in [3.63, 3.8) is 0 Å². The van der Waals surface area contributed by atoms with Crippen LogP contribution in [0.25, 0.3) is 0 Å². The second-order valence-electron chi connectivity index (χ2n) is 6.18. The fraction of sp³-hybridized carbons (Fsp3) is 0.562. The van der Waals surface area contributed by atoms with Crippen molar-refractivity contribution in [1.29, 1.82) is 0 Å². The van der Waals surface area contributed by atoms with Gasteiger partial charge in [-0.3, -0.25) is 4.79 Å². The normalized spacial score (nSPS) is 24.2. The van der Waals surface area contributed by atoms with Crippen LogP contribution in [0, 0.1) is 0 Å². The summed E-state index contributed by atoms with van der Waals surface area (Å²) in [4.78, 5) is 12.3. The van der Waals surface area contributed by atoms with Crippen LogP contribution >= 0.6 is 0 Å². The molecule has 1 heterocycles. The Hall–Kier alpha value is -1.04. The van der Waals surface area contributed by atoms with Gasteiger partial charge in [0.05, 0.1) is 13.2 Å². The minimum Gasteiger partial charge on any atom is -0.597 e. The van der Waals surface area contributed by atoms with Gasteiger partial charge in [0.15, 0.2) is 6.04 Å². The van der Waals surface area contributed by atoms with Gasteiger partial charge >= 0.3 is 5.97 Å². The lowest BCUT2D eigenvalue weighted by Gasteiger charge is -2.47. The molecule has 1 saturated heterocycles. The maximum atomic E-state index is 12.6. The molecule has 0 spiro atoms. The Morgan fingerprint density at radius 2 is 2.00 bits per heavy atom. The SMILES string of the molecule is CCOC(=O)[C@H]1[C@H](c2ccccc2)CN1[S@+]([O-])C(C)(C)C. The van der Waals surface area contributed by atoms with Gasteiger partial charge in [-0.25, -0.2) is 0 Å². The van der Waals surface area contributed by atoms with E-state index >= 15 is 0 Å². The Labute approximate surface area is 129 Å². The summed E-state index contributed by atoms with van der Waals surface area (Å²) in [6.07, 6.45) is 0. The number of benzene rings is 1. The molecule has 1 aliphatic rings. The van der Waals surface area contributed by atoms with Crippen molar-refractivity contribution in [3.05, 3.63) is 35.9 Å². The maximum Gasteiger partial charge on any atom is 0.328 e. The van der Waals surface area contributed by atoms with Crippen molar-refractivity contribution < 1.29 is 14.1 Å². The molecular formula is C16H23NO3S. The number of carbonyl (C=O) groups is 1. The van der Waals surface area contributed by atoms with Crippen molar-refractivity contribution in [2.75, 3.05) is 13.2 Å². The summed E-state index contributed by atoms with van der Waals surface area (Å²) in [5, 5.41) is 0. The zero-order chi connectivity index (χ0) is 15.6. The molecule has 0 aromatic heterocycles. The van der Waals surface area contributed by atoms with Gasteiger partial charge in [-0.15, -0.1) is 4.31 Å². The third kappa shape index (κ3) is 3.42. The first-order valence-electron chi connectivity index (χ1n) is 7.26. The summed E-state index contributed by atoms with van der Waals surface area (Å²) in [6.45, 7) is 8.51. The molecular weight excluding hydrogens is 286 g/mol. The van der Waals surface area contributed by atoms with E-state index in [2.05, 4.69) is 0 Å². The minimum absolute atomic E-state index is 0.0524. The summed E-state index contributed by atoms with van der Waals surface area (Å²) >= 11 is -1.21. The number of nitrogens with zero attached hydrogens (tertiary/aromatic N) is 1. The molecule has 1 aromatic rings. The predicted molar refractivity (Wildman–Crippen MR) is 84.2 cm³/mol. The van der Waals surface area contributed by atoms with Crippen LogP contribution in [0.15, 0.2) is 30.3 Å². The van der Waals surface area contributed by atoms with Crippen molar-refractivity contribution in [2.24, 2.45) is 0 Å². The van der Waals surface area contributed by atoms with E-state index in [1.807, 2.05) is 51.1 Å². The van der Waals surface area contributed by atoms with E-state index in [0.717, 1.165) is 5.56 Å². The highest BCUT2D eigenvalue weighted by Gasteiger charge is 2.54. The van der Waals surface area contributed by atoms with Gasteiger partial charge in [0, 0.05) is 17.3 Å². The minimum atomic E-state index is -1.21. The maximum absolute atomic E-state index is 12.6. The summed E-state index contributed by atoms with van der Waals surface area (Å²) in [5.41, 5.74) is 1.10. The predicted octanol–water partition coefficient (Wildman–Crippen LogP) is 2.48. The van der Waals surface area contributed by atoms with Crippen LogP contribution in [0.4, 0.5) is 0 Å². The molecule has 1 fully saturated rings. The largest absolute Gasteiger partial charge is 0.597 e. The van der Waals surface area contributed by atoms with E-state index in [0.29, 0.717) is 13.2 Å². The summed E-state index contributed by atoms with van der Waals surface area (Å²) in [6, 6.07) is 9.43. The summed E-state index contributed by atoms with van der Waals surface area (Å²) < 4.78 is 19.1.